The predicted octanol–water partition coefficient (Wildman–Crippen LogP) is 3.95. The lowest BCUT2D eigenvalue weighted by atomic mass is 10.2. The molecule has 2 heterocycles. The zero-order chi connectivity index (χ0) is 18.5. The lowest BCUT2D eigenvalue weighted by Gasteiger charge is -2.35. The Bertz CT molecular complexity index is 736. The van der Waals surface area contributed by atoms with Crippen molar-refractivity contribution in [3.8, 4) is 0 Å². The molecule has 2 aromatic rings. The van der Waals surface area contributed by atoms with Crippen LogP contribution in [-0.2, 0) is 16.1 Å². The molecule has 0 spiro atoms. The van der Waals surface area contributed by atoms with Crippen LogP contribution in [0.3, 0.4) is 0 Å². The van der Waals surface area contributed by atoms with Crippen LogP contribution in [0.15, 0.2) is 29.4 Å². The van der Waals surface area contributed by atoms with Crippen LogP contribution in [0, 0.1) is 0 Å². The Kier molecular flexibility index (Phi) is 6.59. The molecule has 1 aromatic heterocycles. The van der Waals surface area contributed by atoms with E-state index in [4.69, 9.17) is 9.72 Å². The lowest BCUT2D eigenvalue weighted by molar-refractivity contribution is -0.140. The number of thioether (sulfide) groups is 1. The third-order valence-corrected chi connectivity index (χ3v) is 5.66. The van der Waals surface area contributed by atoms with Crippen LogP contribution in [0.4, 0.5) is 0 Å². The highest BCUT2D eigenvalue weighted by Gasteiger charge is 2.26. The summed E-state index contributed by atoms with van der Waals surface area (Å²) in [6.45, 7) is 8.57. The number of ether oxygens (including phenoxy) is 1. The minimum Gasteiger partial charge on any atom is -0.372 e. The van der Waals surface area contributed by atoms with E-state index in [-0.39, 0.29) is 18.1 Å². The zero-order valence-electron chi connectivity index (χ0n) is 16.0. The number of aryl methyl sites for hydroxylation is 1. The molecule has 1 aliphatic heterocycles. The van der Waals surface area contributed by atoms with Gasteiger partial charge in [-0.1, -0.05) is 43.7 Å². The molecule has 5 nitrogen and oxygen atoms in total. The van der Waals surface area contributed by atoms with Crippen LogP contribution in [0.25, 0.3) is 11.0 Å². The molecule has 1 amide bonds. The first kappa shape index (κ1) is 19.2. The van der Waals surface area contributed by atoms with Gasteiger partial charge in [0.05, 0.1) is 29.0 Å². The lowest BCUT2D eigenvalue weighted by Crippen LogP contribution is -2.48. The van der Waals surface area contributed by atoms with Crippen LogP contribution in [0.2, 0.25) is 0 Å². The topological polar surface area (TPSA) is 47.4 Å². The van der Waals surface area contributed by atoms with Gasteiger partial charge in [-0.3, -0.25) is 4.79 Å². The van der Waals surface area contributed by atoms with Gasteiger partial charge in [-0.2, -0.15) is 0 Å². The zero-order valence-corrected chi connectivity index (χ0v) is 16.8. The van der Waals surface area contributed by atoms with Gasteiger partial charge in [0, 0.05) is 19.6 Å². The fraction of sp³-hybridized carbons (Fsp3) is 0.600. The molecule has 1 aromatic carbocycles. The van der Waals surface area contributed by atoms with Crippen LogP contribution in [-0.4, -0.2) is 51.4 Å². The van der Waals surface area contributed by atoms with E-state index in [1.807, 2.05) is 30.9 Å². The fourth-order valence-corrected chi connectivity index (χ4v) is 4.44. The number of rotatable bonds is 7. The second-order valence-corrected chi connectivity index (χ2v) is 8.03. The molecule has 0 saturated carbocycles. The summed E-state index contributed by atoms with van der Waals surface area (Å²) in [5, 5.41) is 0.949. The van der Waals surface area contributed by atoms with Crippen molar-refractivity contribution in [1.82, 2.24) is 14.5 Å². The van der Waals surface area contributed by atoms with Crippen molar-refractivity contribution in [1.29, 1.82) is 0 Å². The largest absolute Gasteiger partial charge is 0.372 e. The highest BCUT2D eigenvalue weighted by molar-refractivity contribution is 7.99. The predicted molar refractivity (Wildman–Crippen MR) is 107 cm³/mol. The molecule has 2 atom stereocenters. The first-order chi connectivity index (χ1) is 12.6. The fourth-order valence-electron chi connectivity index (χ4n) is 3.50. The number of carbonyl (C=O) groups is 1. The van der Waals surface area contributed by atoms with E-state index in [0.717, 1.165) is 29.2 Å². The number of amides is 1. The average molecular weight is 376 g/mol. The number of imidazole rings is 1. The van der Waals surface area contributed by atoms with Crippen molar-refractivity contribution < 1.29 is 9.53 Å². The van der Waals surface area contributed by atoms with Crippen LogP contribution in [0.5, 0.6) is 0 Å². The number of hydrogen-bond donors (Lipinski definition) is 0. The third kappa shape index (κ3) is 4.60. The number of unbranched alkanes of at least 4 members (excludes halogenated alkanes) is 2. The number of nitrogens with zero attached hydrogens (tertiary/aromatic N) is 3. The van der Waals surface area contributed by atoms with E-state index in [9.17, 15) is 4.79 Å². The van der Waals surface area contributed by atoms with Crippen LogP contribution in [0.1, 0.15) is 40.0 Å². The molecule has 0 aliphatic carbocycles. The SMILES string of the molecule is CCCCCn1c(SCC(=O)N2C[C@@H](C)O[C@@H](C)C2)nc2ccccc21. The molecule has 26 heavy (non-hydrogen) atoms. The Labute approximate surface area is 160 Å². The molecule has 0 unspecified atom stereocenters. The summed E-state index contributed by atoms with van der Waals surface area (Å²) in [4.78, 5) is 19.4. The van der Waals surface area contributed by atoms with Gasteiger partial charge >= 0.3 is 0 Å². The van der Waals surface area contributed by atoms with Gasteiger partial charge in [0.1, 0.15) is 0 Å². The maximum atomic E-state index is 12.7. The van der Waals surface area contributed by atoms with E-state index in [2.05, 4.69) is 23.6 Å². The van der Waals surface area contributed by atoms with E-state index < -0.39 is 0 Å². The van der Waals surface area contributed by atoms with Gasteiger partial charge in [0.15, 0.2) is 5.16 Å². The number of morpholine rings is 1. The van der Waals surface area contributed by atoms with Crippen molar-refractivity contribution in [2.24, 2.45) is 0 Å². The highest BCUT2D eigenvalue weighted by atomic mass is 32.2. The molecular formula is C20H29N3O2S. The molecule has 1 fully saturated rings. The van der Waals surface area contributed by atoms with Crippen molar-refractivity contribution in [3.63, 3.8) is 0 Å². The van der Waals surface area contributed by atoms with Gasteiger partial charge < -0.3 is 14.2 Å². The number of hydrogen-bond acceptors (Lipinski definition) is 4. The first-order valence-electron chi connectivity index (χ1n) is 9.59. The summed E-state index contributed by atoms with van der Waals surface area (Å²) in [5.41, 5.74) is 2.17. The Morgan fingerprint density at radius 1 is 1.23 bits per heavy atom. The minimum atomic E-state index is 0.103. The number of fused-ring (bicyclic) bond motifs is 1. The number of para-hydroxylation sites is 2. The summed E-state index contributed by atoms with van der Waals surface area (Å²) in [6, 6.07) is 8.23. The molecule has 6 heteroatoms. The minimum absolute atomic E-state index is 0.103. The number of benzene rings is 1. The number of aromatic nitrogens is 2. The maximum Gasteiger partial charge on any atom is 0.233 e. The Morgan fingerprint density at radius 2 is 1.96 bits per heavy atom. The van der Waals surface area contributed by atoms with E-state index in [1.165, 1.54) is 12.8 Å². The Morgan fingerprint density at radius 3 is 2.69 bits per heavy atom. The summed E-state index contributed by atoms with van der Waals surface area (Å²) in [5.74, 6) is 0.598. The van der Waals surface area contributed by atoms with Crippen molar-refractivity contribution in [3.05, 3.63) is 24.3 Å². The van der Waals surface area contributed by atoms with Gasteiger partial charge in [-0.05, 0) is 32.4 Å². The van der Waals surface area contributed by atoms with Gasteiger partial charge in [0.2, 0.25) is 5.91 Å². The summed E-state index contributed by atoms with van der Waals surface area (Å²) in [6.07, 6.45) is 3.74. The second-order valence-electron chi connectivity index (χ2n) is 7.09. The smallest absolute Gasteiger partial charge is 0.233 e. The third-order valence-electron chi connectivity index (χ3n) is 4.70. The summed E-state index contributed by atoms with van der Waals surface area (Å²) >= 11 is 1.55. The van der Waals surface area contributed by atoms with Gasteiger partial charge in [-0.25, -0.2) is 4.98 Å². The van der Waals surface area contributed by atoms with Crippen molar-refractivity contribution >= 4 is 28.7 Å². The van der Waals surface area contributed by atoms with E-state index >= 15 is 0 Å². The summed E-state index contributed by atoms with van der Waals surface area (Å²) in [7, 11) is 0. The number of carbonyl (C=O) groups excluding carboxylic acids is 1. The molecule has 3 rings (SSSR count). The molecule has 142 valence electrons. The quantitative estimate of drug-likeness (QED) is 0.543. The average Bonchev–Trinajstić information content (AvgIpc) is 2.97. The standard InChI is InChI=1S/C20H29N3O2S/c1-4-5-8-11-23-18-10-7-6-9-17(18)21-20(23)26-14-19(24)22-12-15(2)25-16(3)13-22/h6-7,9-10,15-16H,4-5,8,11-14H2,1-3H3/t15-,16+. The molecule has 1 saturated heterocycles. The summed E-state index contributed by atoms with van der Waals surface area (Å²) < 4.78 is 8.00. The Hall–Kier alpha value is -1.53. The van der Waals surface area contributed by atoms with E-state index in [0.29, 0.717) is 18.8 Å². The molecule has 0 radical (unpaired) electrons. The van der Waals surface area contributed by atoms with E-state index in [1.54, 1.807) is 11.8 Å². The normalized spacial score (nSPS) is 20.7. The van der Waals surface area contributed by atoms with Gasteiger partial charge in [0.25, 0.3) is 0 Å². The van der Waals surface area contributed by atoms with Crippen molar-refractivity contribution in [2.75, 3.05) is 18.8 Å². The van der Waals surface area contributed by atoms with Crippen molar-refractivity contribution in [2.45, 2.75) is 63.9 Å². The molecule has 1 aliphatic rings. The van der Waals surface area contributed by atoms with Crippen LogP contribution < -0.4 is 0 Å². The second kappa shape index (κ2) is 8.91. The highest BCUT2D eigenvalue weighted by Crippen LogP contribution is 2.25. The first-order valence-corrected chi connectivity index (χ1v) is 10.6. The van der Waals surface area contributed by atoms with Gasteiger partial charge in [-0.15, -0.1) is 0 Å². The Balaban J connectivity index is 1.69. The monoisotopic (exact) mass is 375 g/mol. The molecule has 0 N–H and O–H groups in total. The molecular weight excluding hydrogens is 346 g/mol. The molecule has 0 bridgehead atoms. The maximum absolute atomic E-state index is 12.7. The van der Waals surface area contributed by atoms with Crippen LogP contribution >= 0.6 is 11.8 Å².